The molecule has 0 saturated carbocycles. The third-order valence-electron chi connectivity index (χ3n) is 3.20. The summed E-state index contributed by atoms with van der Waals surface area (Å²) in [5, 5.41) is 11.7. The first-order chi connectivity index (χ1) is 9.21. The van der Waals surface area contributed by atoms with Crippen LogP contribution in [0.25, 0.3) is 0 Å². The van der Waals surface area contributed by atoms with Crippen molar-refractivity contribution < 1.29 is 14.7 Å². The zero-order valence-electron chi connectivity index (χ0n) is 12.2. The number of carbonyl (C=O) groups is 2. The van der Waals surface area contributed by atoms with Crippen LogP contribution < -0.4 is 10.9 Å². The molecule has 1 atom stereocenters. The van der Waals surface area contributed by atoms with Crippen molar-refractivity contribution in [3.8, 4) is 0 Å². The van der Waals surface area contributed by atoms with Crippen LogP contribution in [-0.4, -0.2) is 27.5 Å². The van der Waals surface area contributed by atoms with E-state index in [4.69, 9.17) is 0 Å². The molecule has 0 spiro atoms. The van der Waals surface area contributed by atoms with Crippen LogP contribution in [0.3, 0.4) is 0 Å². The zero-order chi connectivity index (χ0) is 15.5. The van der Waals surface area contributed by atoms with Gasteiger partial charge in [-0.3, -0.25) is 9.59 Å². The highest BCUT2D eigenvalue weighted by atomic mass is 16.4. The normalized spacial score (nSPS) is 13.6. The van der Waals surface area contributed by atoms with Crippen molar-refractivity contribution in [1.82, 2.24) is 10.3 Å². The molecule has 0 aliphatic heterocycles. The maximum atomic E-state index is 12.2. The Morgan fingerprint density at radius 2 is 2.00 bits per heavy atom. The van der Waals surface area contributed by atoms with Crippen LogP contribution in [0.2, 0.25) is 0 Å². The van der Waals surface area contributed by atoms with E-state index in [1.165, 1.54) is 6.92 Å². The van der Waals surface area contributed by atoms with Gasteiger partial charge in [-0.25, -0.2) is 4.79 Å². The molecule has 1 aromatic rings. The highest BCUT2D eigenvalue weighted by Gasteiger charge is 2.34. The van der Waals surface area contributed by atoms with Gasteiger partial charge in [0.2, 0.25) is 0 Å². The van der Waals surface area contributed by atoms with E-state index in [2.05, 4.69) is 10.3 Å². The van der Waals surface area contributed by atoms with Gasteiger partial charge in [-0.05, 0) is 38.8 Å². The van der Waals surface area contributed by atoms with E-state index in [0.29, 0.717) is 17.7 Å². The zero-order valence-corrected chi connectivity index (χ0v) is 12.2. The number of H-pyrrole nitrogens is 1. The van der Waals surface area contributed by atoms with Crippen molar-refractivity contribution >= 4 is 11.9 Å². The van der Waals surface area contributed by atoms with E-state index >= 15 is 0 Å². The highest BCUT2D eigenvalue weighted by molar-refractivity contribution is 5.98. The largest absolute Gasteiger partial charge is 0.480 e. The Kier molecular flexibility index (Phi) is 4.70. The molecule has 0 saturated heterocycles. The maximum Gasteiger partial charge on any atom is 0.329 e. The number of carboxylic acid groups (broad SMARTS) is 1. The molecule has 0 aromatic carbocycles. The lowest BCUT2D eigenvalue weighted by molar-refractivity contribution is -0.144. The minimum atomic E-state index is -1.38. The quantitative estimate of drug-likeness (QED) is 0.758. The van der Waals surface area contributed by atoms with Gasteiger partial charge in [-0.2, -0.15) is 0 Å². The number of pyridine rings is 1. The number of carboxylic acids is 1. The summed E-state index contributed by atoms with van der Waals surface area (Å²) in [5.41, 5.74) is -0.759. The number of aromatic nitrogens is 1. The predicted octanol–water partition coefficient (Wildman–Crippen LogP) is 1.36. The first-order valence-electron chi connectivity index (χ1n) is 6.47. The fourth-order valence-corrected chi connectivity index (χ4v) is 2.17. The molecule has 6 nitrogen and oxygen atoms in total. The molecule has 1 rings (SSSR count). The second-order valence-electron chi connectivity index (χ2n) is 5.18. The second kappa shape index (κ2) is 5.90. The van der Waals surface area contributed by atoms with E-state index in [1.807, 2.05) is 6.92 Å². The van der Waals surface area contributed by atoms with Gasteiger partial charge in [-0.15, -0.1) is 0 Å². The van der Waals surface area contributed by atoms with Gasteiger partial charge in [-0.1, -0.05) is 13.3 Å². The summed E-state index contributed by atoms with van der Waals surface area (Å²) in [6.07, 6.45) is 0.892. The Morgan fingerprint density at radius 1 is 1.40 bits per heavy atom. The summed E-state index contributed by atoms with van der Waals surface area (Å²) < 4.78 is 0. The topological polar surface area (TPSA) is 99.3 Å². The van der Waals surface area contributed by atoms with Gasteiger partial charge in [0.1, 0.15) is 11.1 Å². The van der Waals surface area contributed by atoms with Crippen LogP contribution >= 0.6 is 0 Å². The lowest BCUT2D eigenvalue weighted by Gasteiger charge is -2.25. The molecular weight excluding hydrogens is 260 g/mol. The maximum absolute atomic E-state index is 12.2. The number of hydrogen-bond acceptors (Lipinski definition) is 3. The van der Waals surface area contributed by atoms with E-state index < -0.39 is 23.0 Å². The Labute approximate surface area is 117 Å². The van der Waals surface area contributed by atoms with Crippen LogP contribution in [0.15, 0.2) is 10.9 Å². The van der Waals surface area contributed by atoms with Gasteiger partial charge in [0.25, 0.3) is 11.5 Å². The summed E-state index contributed by atoms with van der Waals surface area (Å²) in [7, 11) is 0. The average molecular weight is 280 g/mol. The average Bonchev–Trinajstić information content (AvgIpc) is 2.26. The van der Waals surface area contributed by atoms with Crippen LogP contribution in [0, 0.1) is 13.8 Å². The van der Waals surface area contributed by atoms with Crippen LogP contribution in [-0.2, 0) is 4.79 Å². The van der Waals surface area contributed by atoms with Crippen molar-refractivity contribution in [2.45, 2.75) is 46.1 Å². The molecule has 0 fully saturated rings. The third kappa shape index (κ3) is 3.26. The van der Waals surface area contributed by atoms with Crippen molar-refractivity contribution in [3.05, 3.63) is 33.2 Å². The van der Waals surface area contributed by atoms with Crippen molar-refractivity contribution in [2.75, 3.05) is 0 Å². The standard InChI is InChI=1S/C14H20N2O4/c1-5-6-14(4,13(19)20)16-12(18)10-8(2)7-9(3)15-11(10)17/h7H,5-6H2,1-4H3,(H,15,17)(H,16,18)(H,19,20). The molecule has 3 N–H and O–H groups in total. The Morgan fingerprint density at radius 3 is 2.45 bits per heavy atom. The molecule has 0 bridgehead atoms. The monoisotopic (exact) mass is 280 g/mol. The SMILES string of the molecule is CCCC(C)(NC(=O)c1c(C)cc(C)[nH]c1=O)C(=O)O. The first kappa shape index (κ1) is 15.9. The fourth-order valence-electron chi connectivity index (χ4n) is 2.17. The molecule has 1 aromatic heterocycles. The number of nitrogens with one attached hydrogen (secondary N) is 2. The molecule has 110 valence electrons. The number of aliphatic carboxylic acids is 1. The van der Waals surface area contributed by atoms with E-state index in [9.17, 15) is 19.5 Å². The number of aromatic amines is 1. The van der Waals surface area contributed by atoms with E-state index in [-0.39, 0.29) is 12.0 Å². The molecule has 0 aliphatic carbocycles. The summed E-state index contributed by atoms with van der Waals surface area (Å²) in [6, 6.07) is 1.67. The van der Waals surface area contributed by atoms with Gasteiger partial charge < -0.3 is 15.4 Å². The van der Waals surface area contributed by atoms with Crippen LogP contribution in [0.1, 0.15) is 48.3 Å². The summed E-state index contributed by atoms with van der Waals surface area (Å²) in [6.45, 7) is 6.63. The van der Waals surface area contributed by atoms with Gasteiger partial charge in [0, 0.05) is 5.69 Å². The van der Waals surface area contributed by atoms with Crippen LogP contribution in [0.5, 0.6) is 0 Å². The number of amides is 1. The lowest BCUT2D eigenvalue weighted by Crippen LogP contribution is -2.53. The molecule has 6 heteroatoms. The van der Waals surface area contributed by atoms with Gasteiger partial charge >= 0.3 is 5.97 Å². The van der Waals surface area contributed by atoms with Gasteiger partial charge in [0.15, 0.2) is 0 Å². The smallest absolute Gasteiger partial charge is 0.329 e. The number of carbonyl (C=O) groups excluding carboxylic acids is 1. The van der Waals surface area contributed by atoms with Crippen molar-refractivity contribution in [3.63, 3.8) is 0 Å². The van der Waals surface area contributed by atoms with Crippen molar-refractivity contribution in [1.29, 1.82) is 0 Å². The molecule has 1 amide bonds. The van der Waals surface area contributed by atoms with E-state index in [0.717, 1.165) is 0 Å². The summed E-state index contributed by atoms with van der Waals surface area (Å²) in [5.74, 6) is -1.78. The lowest BCUT2D eigenvalue weighted by atomic mass is 9.95. The van der Waals surface area contributed by atoms with Crippen molar-refractivity contribution in [2.24, 2.45) is 0 Å². The minimum Gasteiger partial charge on any atom is -0.480 e. The summed E-state index contributed by atoms with van der Waals surface area (Å²) in [4.78, 5) is 37.9. The molecular formula is C14H20N2O4. The Hall–Kier alpha value is -2.11. The van der Waals surface area contributed by atoms with Crippen LogP contribution in [0.4, 0.5) is 0 Å². The number of aryl methyl sites for hydroxylation is 2. The number of hydrogen-bond donors (Lipinski definition) is 3. The molecule has 1 heterocycles. The predicted molar refractivity (Wildman–Crippen MR) is 75.0 cm³/mol. The fraction of sp³-hybridized carbons (Fsp3) is 0.500. The Balaban J connectivity index is 3.14. The molecule has 0 aliphatic rings. The second-order valence-corrected chi connectivity index (χ2v) is 5.18. The molecule has 1 unspecified atom stereocenters. The Bertz CT molecular complexity index is 591. The highest BCUT2D eigenvalue weighted by Crippen LogP contribution is 2.14. The first-order valence-corrected chi connectivity index (χ1v) is 6.47. The molecule has 20 heavy (non-hydrogen) atoms. The van der Waals surface area contributed by atoms with E-state index in [1.54, 1.807) is 19.9 Å². The number of rotatable bonds is 5. The minimum absolute atomic E-state index is 0.0424. The van der Waals surface area contributed by atoms with Gasteiger partial charge in [0.05, 0.1) is 0 Å². The third-order valence-corrected chi connectivity index (χ3v) is 3.20. The molecule has 0 radical (unpaired) electrons. The summed E-state index contributed by atoms with van der Waals surface area (Å²) >= 11 is 0.